The number of thiocarbonyl (C=S) groups is 1. The van der Waals surface area contributed by atoms with Crippen molar-refractivity contribution in [2.24, 2.45) is 0 Å². The quantitative estimate of drug-likeness (QED) is 0.739. The van der Waals surface area contributed by atoms with E-state index in [-0.39, 0.29) is 0 Å². The van der Waals surface area contributed by atoms with Crippen molar-refractivity contribution < 1.29 is 0 Å². The van der Waals surface area contributed by atoms with E-state index in [1.807, 2.05) is 0 Å². The van der Waals surface area contributed by atoms with E-state index >= 15 is 0 Å². The van der Waals surface area contributed by atoms with E-state index in [0.717, 1.165) is 18.8 Å². The second-order valence-electron chi connectivity index (χ2n) is 6.85. The van der Waals surface area contributed by atoms with Crippen LogP contribution in [0.15, 0.2) is 42.5 Å². The number of nitrogens with one attached hydrogen (secondary N) is 2. The summed E-state index contributed by atoms with van der Waals surface area (Å²) in [4.78, 5) is 2.34. The number of rotatable bonds is 6. The first kappa shape index (κ1) is 19.4. The number of benzene rings is 2. The molecule has 0 bridgehead atoms. The molecule has 2 N–H and O–H groups in total. The average Bonchev–Trinajstić information content (AvgIpc) is 2.57. The first-order chi connectivity index (χ1) is 11.9. The Balaban J connectivity index is 2.00. The molecule has 4 heteroatoms. The van der Waals surface area contributed by atoms with Gasteiger partial charge in [0.1, 0.15) is 0 Å². The van der Waals surface area contributed by atoms with E-state index in [9.17, 15) is 0 Å². The minimum atomic E-state index is 0.521. The molecule has 0 saturated carbocycles. The van der Waals surface area contributed by atoms with Crippen molar-refractivity contribution in [3.05, 3.63) is 64.7 Å². The number of nitrogens with zero attached hydrogens (tertiary/aromatic N) is 1. The maximum Gasteiger partial charge on any atom is 0.171 e. The van der Waals surface area contributed by atoms with Crippen molar-refractivity contribution in [1.29, 1.82) is 0 Å². The normalized spacial score (nSPS) is 11.0. The lowest BCUT2D eigenvalue weighted by atomic mass is 10.1. The summed E-state index contributed by atoms with van der Waals surface area (Å²) < 4.78 is 0. The summed E-state index contributed by atoms with van der Waals surface area (Å²) in [6.45, 7) is 10.3. The molecule has 2 aromatic rings. The smallest absolute Gasteiger partial charge is 0.171 e. The van der Waals surface area contributed by atoms with Crippen molar-refractivity contribution in [1.82, 2.24) is 10.2 Å². The van der Waals surface area contributed by atoms with Crippen LogP contribution < -0.4 is 10.6 Å². The van der Waals surface area contributed by atoms with Crippen molar-refractivity contribution in [3.8, 4) is 0 Å². The molecule has 0 atom stereocenters. The number of aryl methyl sites for hydroxylation is 2. The van der Waals surface area contributed by atoms with Gasteiger partial charge in [0.05, 0.1) is 0 Å². The van der Waals surface area contributed by atoms with Crippen LogP contribution in [0.3, 0.4) is 0 Å². The minimum absolute atomic E-state index is 0.521. The van der Waals surface area contributed by atoms with Crippen LogP contribution in [0.4, 0.5) is 5.69 Å². The van der Waals surface area contributed by atoms with Crippen LogP contribution in [0.25, 0.3) is 0 Å². The van der Waals surface area contributed by atoms with Crippen LogP contribution in [0.1, 0.15) is 36.1 Å². The van der Waals surface area contributed by atoms with Crippen LogP contribution >= 0.6 is 12.2 Å². The molecule has 0 radical (unpaired) electrons. The SMILES string of the molecule is Cc1cccc(C)c1NC(=S)NCc1ccccc1CN(C)C(C)C. The van der Waals surface area contributed by atoms with Crippen LogP contribution in [-0.4, -0.2) is 23.1 Å². The fourth-order valence-electron chi connectivity index (χ4n) is 2.68. The summed E-state index contributed by atoms with van der Waals surface area (Å²) >= 11 is 5.49. The van der Waals surface area contributed by atoms with Gasteiger partial charge in [0.25, 0.3) is 0 Å². The Morgan fingerprint density at radius 1 is 1.00 bits per heavy atom. The summed E-state index contributed by atoms with van der Waals surface area (Å²) in [7, 11) is 2.15. The van der Waals surface area contributed by atoms with Gasteiger partial charge in [-0.1, -0.05) is 42.5 Å². The molecule has 0 spiro atoms. The Morgan fingerprint density at radius 3 is 2.20 bits per heavy atom. The van der Waals surface area contributed by atoms with Gasteiger partial charge < -0.3 is 10.6 Å². The van der Waals surface area contributed by atoms with Gasteiger partial charge in [-0.25, -0.2) is 0 Å². The van der Waals surface area contributed by atoms with Crippen molar-refractivity contribution >= 4 is 23.0 Å². The van der Waals surface area contributed by atoms with E-state index in [4.69, 9.17) is 12.2 Å². The Labute approximate surface area is 157 Å². The maximum atomic E-state index is 5.49. The second kappa shape index (κ2) is 8.97. The maximum absolute atomic E-state index is 5.49. The van der Waals surface area contributed by atoms with Crippen LogP contribution in [-0.2, 0) is 13.1 Å². The average molecular weight is 356 g/mol. The van der Waals surface area contributed by atoms with E-state index in [1.165, 1.54) is 22.3 Å². The van der Waals surface area contributed by atoms with Gasteiger partial charge in [-0.15, -0.1) is 0 Å². The number of para-hydroxylation sites is 1. The lowest BCUT2D eigenvalue weighted by Gasteiger charge is -2.23. The zero-order chi connectivity index (χ0) is 18.4. The summed E-state index contributed by atoms with van der Waals surface area (Å²) in [5.41, 5.74) is 6.10. The Kier molecular flexibility index (Phi) is 6.97. The molecule has 0 heterocycles. The first-order valence-corrected chi connectivity index (χ1v) is 9.17. The molecule has 0 saturated heterocycles. The number of anilines is 1. The molecule has 2 rings (SSSR count). The van der Waals surface area contributed by atoms with Gasteiger partial charge >= 0.3 is 0 Å². The van der Waals surface area contributed by atoms with Crippen LogP contribution in [0.2, 0.25) is 0 Å². The van der Waals surface area contributed by atoms with E-state index < -0.39 is 0 Å². The lowest BCUT2D eigenvalue weighted by Crippen LogP contribution is -2.30. The highest BCUT2D eigenvalue weighted by atomic mass is 32.1. The van der Waals surface area contributed by atoms with Gasteiger partial charge in [-0.2, -0.15) is 0 Å². The third-order valence-electron chi connectivity index (χ3n) is 4.58. The second-order valence-corrected chi connectivity index (χ2v) is 7.26. The van der Waals surface area contributed by atoms with Crippen LogP contribution in [0, 0.1) is 13.8 Å². The third-order valence-corrected chi connectivity index (χ3v) is 4.83. The number of hydrogen-bond acceptors (Lipinski definition) is 2. The standard InChI is InChI=1S/C21H29N3S/c1-15(2)24(5)14-19-12-7-6-11-18(19)13-22-21(25)23-20-16(3)9-8-10-17(20)4/h6-12,15H,13-14H2,1-5H3,(H2,22,23,25). The summed E-state index contributed by atoms with van der Waals surface area (Å²) in [5.74, 6) is 0. The van der Waals surface area contributed by atoms with Crippen LogP contribution in [0.5, 0.6) is 0 Å². The Hall–Kier alpha value is -1.91. The topological polar surface area (TPSA) is 27.3 Å². The van der Waals surface area contributed by atoms with Gasteiger partial charge in [-0.05, 0) is 69.2 Å². The van der Waals surface area contributed by atoms with E-state index in [2.05, 4.69) is 92.7 Å². The molecular weight excluding hydrogens is 326 g/mol. The molecule has 2 aromatic carbocycles. The monoisotopic (exact) mass is 355 g/mol. The van der Waals surface area contributed by atoms with Gasteiger partial charge in [-0.3, -0.25) is 4.90 Å². The Bertz CT molecular complexity index is 705. The highest BCUT2D eigenvalue weighted by molar-refractivity contribution is 7.80. The molecule has 0 aromatic heterocycles. The minimum Gasteiger partial charge on any atom is -0.358 e. The zero-order valence-corrected chi connectivity index (χ0v) is 16.7. The van der Waals surface area contributed by atoms with Gasteiger partial charge in [0, 0.05) is 24.8 Å². The van der Waals surface area contributed by atoms with Gasteiger partial charge in [0.15, 0.2) is 5.11 Å². The third kappa shape index (κ3) is 5.55. The summed E-state index contributed by atoms with van der Waals surface area (Å²) in [6.07, 6.45) is 0. The van der Waals surface area contributed by atoms with Crippen molar-refractivity contribution in [2.45, 2.75) is 46.8 Å². The van der Waals surface area contributed by atoms with Crippen molar-refractivity contribution in [2.75, 3.05) is 12.4 Å². The fourth-order valence-corrected chi connectivity index (χ4v) is 2.85. The van der Waals surface area contributed by atoms with Gasteiger partial charge in [0.2, 0.25) is 0 Å². The molecule has 25 heavy (non-hydrogen) atoms. The zero-order valence-electron chi connectivity index (χ0n) is 15.9. The molecular formula is C21H29N3S. The summed E-state index contributed by atoms with van der Waals surface area (Å²) in [6, 6.07) is 15.3. The molecule has 134 valence electrons. The lowest BCUT2D eigenvalue weighted by molar-refractivity contribution is 0.265. The van der Waals surface area contributed by atoms with E-state index in [1.54, 1.807) is 0 Å². The molecule has 0 aliphatic heterocycles. The van der Waals surface area contributed by atoms with E-state index in [0.29, 0.717) is 11.2 Å². The molecule has 3 nitrogen and oxygen atoms in total. The molecule has 0 aliphatic rings. The highest BCUT2D eigenvalue weighted by Crippen LogP contribution is 2.19. The molecule has 0 amide bonds. The predicted octanol–water partition coefficient (Wildman–Crippen LogP) is 4.63. The largest absolute Gasteiger partial charge is 0.358 e. The molecule has 0 aliphatic carbocycles. The fraction of sp³-hybridized carbons (Fsp3) is 0.381. The summed E-state index contributed by atoms with van der Waals surface area (Å²) in [5, 5.41) is 7.34. The Morgan fingerprint density at radius 2 is 1.60 bits per heavy atom. The molecule has 0 unspecified atom stereocenters. The van der Waals surface area contributed by atoms with Crippen molar-refractivity contribution in [3.63, 3.8) is 0 Å². The first-order valence-electron chi connectivity index (χ1n) is 8.76. The number of hydrogen-bond donors (Lipinski definition) is 2. The molecule has 0 fully saturated rings. The highest BCUT2D eigenvalue weighted by Gasteiger charge is 2.09. The predicted molar refractivity (Wildman–Crippen MR) is 112 cm³/mol.